The molecule has 1 N–H and O–H groups in total. The molecule has 0 heterocycles. The van der Waals surface area contributed by atoms with E-state index in [0.717, 1.165) is 5.56 Å². The number of amides is 1. The highest BCUT2D eigenvalue weighted by Gasteiger charge is 2.76. The summed E-state index contributed by atoms with van der Waals surface area (Å²) in [6.07, 6.45) is 1.21. The van der Waals surface area contributed by atoms with Gasteiger partial charge in [0.1, 0.15) is 5.69 Å². The van der Waals surface area contributed by atoms with E-state index in [4.69, 9.17) is 0 Å². The zero-order valence-corrected chi connectivity index (χ0v) is 17.2. The van der Waals surface area contributed by atoms with Crippen LogP contribution in [0, 0.1) is 40.2 Å². The third-order valence-corrected chi connectivity index (χ3v) is 8.22. The number of fused-ring (bicyclic) bond motifs is 2. The number of carbonyl (C=O) groups is 2. The van der Waals surface area contributed by atoms with Gasteiger partial charge in [0.2, 0.25) is 5.91 Å². The minimum Gasteiger partial charge on any atom is -0.320 e. The normalized spacial score (nSPS) is 31.9. The molecule has 0 spiro atoms. The molecule has 2 saturated carbocycles. The second-order valence-electron chi connectivity index (χ2n) is 8.34. The largest absolute Gasteiger partial charge is 0.320 e. The molecule has 1 aromatic carbocycles. The Labute approximate surface area is 161 Å². The van der Waals surface area contributed by atoms with Gasteiger partial charge in [-0.1, -0.05) is 42.8 Å². The Morgan fingerprint density at radius 2 is 1.88 bits per heavy atom. The fraction of sp³-hybridized carbons (Fsp3) is 0.579. The Balaban J connectivity index is 2.08. The number of Topliss-reactive ketones (excluding diaryl/α,β-unsaturated/α-hetero) is 1. The number of hydrogen-bond donors (Lipinski definition) is 1. The third-order valence-electron chi connectivity index (χ3n) is 7.02. The van der Waals surface area contributed by atoms with Gasteiger partial charge in [-0.05, 0) is 43.2 Å². The van der Waals surface area contributed by atoms with E-state index in [9.17, 15) is 19.7 Å². The first-order valence-electron chi connectivity index (χ1n) is 8.65. The number of ketones is 1. The van der Waals surface area contributed by atoms with Crippen LogP contribution < -0.4 is 5.32 Å². The molecule has 6 nitrogen and oxygen atoms in total. The molecule has 3 rings (SSSR count). The molecule has 0 saturated heterocycles. The van der Waals surface area contributed by atoms with Gasteiger partial charge in [0.15, 0.2) is 5.78 Å². The number of carbonyl (C=O) groups excluding carboxylic acids is 2. The van der Waals surface area contributed by atoms with Crippen molar-refractivity contribution >= 4 is 39.0 Å². The SMILES string of the molecule is Cc1cc(C)c(NC(=O)C23CCC(C)(C(=O)C2Br)C3(C)C)c([N+](=O)[O-])c1. The molecule has 2 fully saturated rings. The summed E-state index contributed by atoms with van der Waals surface area (Å²) in [4.78, 5) is 36.6. The van der Waals surface area contributed by atoms with Crippen LogP contribution in [-0.4, -0.2) is 21.4 Å². The standard InChI is InChI=1S/C19H23BrN2O4/c1-10-8-11(2)13(12(9-10)22(25)26)21-16(24)19-7-6-18(5,17(19,3)4)15(23)14(19)20/h8-9,14H,6-7H2,1-5H3,(H,21,24). The molecule has 0 aromatic heterocycles. The number of nitrogens with one attached hydrogen (secondary N) is 1. The van der Waals surface area contributed by atoms with Crippen molar-refractivity contribution in [2.24, 2.45) is 16.2 Å². The second kappa shape index (κ2) is 5.62. The van der Waals surface area contributed by atoms with Gasteiger partial charge in [-0.3, -0.25) is 19.7 Å². The van der Waals surface area contributed by atoms with Gasteiger partial charge in [0.05, 0.1) is 15.2 Å². The lowest BCUT2D eigenvalue weighted by molar-refractivity contribution is -0.384. The summed E-state index contributed by atoms with van der Waals surface area (Å²) < 4.78 is 0. The predicted molar refractivity (Wildman–Crippen MR) is 102 cm³/mol. The molecule has 26 heavy (non-hydrogen) atoms. The fourth-order valence-electron chi connectivity index (χ4n) is 4.93. The summed E-state index contributed by atoms with van der Waals surface area (Å²) in [5, 5.41) is 14.3. The summed E-state index contributed by atoms with van der Waals surface area (Å²) in [7, 11) is 0. The van der Waals surface area contributed by atoms with Gasteiger partial charge in [-0.15, -0.1) is 0 Å². The molecule has 3 atom stereocenters. The van der Waals surface area contributed by atoms with E-state index >= 15 is 0 Å². The number of nitro benzene ring substituents is 1. The number of nitrogens with zero attached hydrogens (tertiary/aromatic N) is 1. The number of halogens is 1. The Morgan fingerprint density at radius 1 is 1.27 bits per heavy atom. The van der Waals surface area contributed by atoms with Crippen LogP contribution in [-0.2, 0) is 9.59 Å². The van der Waals surface area contributed by atoms with Gasteiger partial charge in [-0.2, -0.15) is 0 Å². The molecule has 1 aromatic rings. The molecule has 2 aliphatic rings. The van der Waals surface area contributed by atoms with Crippen molar-refractivity contribution in [1.29, 1.82) is 0 Å². The Bertz CT molecular complexity index is 850. The monoisotopic (exact) mass is 422 g/mol. The molecule has 1 amide bonds. The Hall–Kier alpha value is -1.76. The number of hydrogen-bond acceptors (Lipinski definition) is 4. The lowest BCUT2D eigenvalue weighted by Gasteiger charge is -2.39. The average molecular weight is 423 g/mol. The predicted octanol–water partition coefficient (Wildman–Crippen LogP) is 4.31. The van der Waals surface area contributed by atoms with Crippen LogP contribution in [0.3, 0.4) is 0 Å². The van der Waals surface area contributed by atoms with Gasteiger partial charge in [0.25, 0.3) is 5.69 Å². The number of alkyl halides is 1. The minimum absolute atomic E-state index is 0.0408. The maximum atomic E-state index is 13.4. The van der Waals surface area contributed by atoms with Gasteiger partial charge >= 0.3 is 0 Å². The van der Waals surface area contributed by atoms with Crippen molar-refractivity contribution in [1.82, 2.24) is 0 Å². The molecular formula is C19H23BrN2O4. The van der Waals surface area contributed by atoms with Crippen LogP contribution >= 0.6 is 15.9 Å². The number of benzene rings is 1. The summed E-state index contributed by atoms with van der Waals surface area (Å²) in [6, 6.07) is 3.26. The second-order valence-corrected chi connectivity index (χ2v) is 9.26. The fourth-order valence-corrected chi connectivity index (χ4v) is 6.45. The lowest BCUT2D eigenvalue weighted by atomic mass is 9.64. The first-order valence-corrected chi connectivity index (χ1v) is 9.57. The first kappa shape index (κ1) is 19.0. The van der Waals surface area contributed by atoms with Crippen LogP contribution in [0.4, 0.5) is 11.4 Å². The molecule has 140 valence electrons. The van der Waals surface area contributed by atoms with Crippen molar-refractivity contribution in [3.05, 3.63) is 33.4 Å². The number of aryl methyl sites for hydroxylation is 2. The van der Waals surface area contributed by atoms with Gasteiger partial charge < -0.3 is 5.32 Å². The van der Waals surface area contributed by atoms with E-state index < -0.39 is 26.0 Å². The summed E-state index contributed by atoms with van der Waals surface area (Å²) in [5.74, 6) is -0.284. The summed E-state index contributed by atoms with van der Waals surface area (Å²) >= 11 is 3.48. The zero-order valence-electron chi connectivity index (χ0n) is 15.6. The highest BCUT2D eigenvalue weighted by molar-refractivity contribution is 9.10. The van der Waals surface area contributed by atoms with Crippen molar-refractivity contribution < 1.29 is 14.5 Å². The van der Waals surface area contributed by atoms with E-state index in [0.29, 0.717) is 18.4 Å². The number of nitro groups is 1. The third kappa shape index (κ3) is 2.09. The van der Waals surface area contributed by atoms with E-state index in [2.05, 4.69) is 21.2 Å². The van der Waals surface area contributed by atoms with Crippen molar-refractivity contribution in [2.75, 3.05) is 5.32 Å². The average Bonchev–Trinajstić information content (AvgIpc) is 2.81. The molecule has 2 aliphatic carbocycles. The maximum Gasteiger partial charge on any atom is 0.293 e. The van der Waals surface area contributed by atoms with Crippen LogP contribution in [0.15, 0.2) is 12.1 Å². The molecule has 7 heteroatoms. The van der Waals surface area contributed by atoms with E-state index in [1.54, 1.807) is 19.9 Å². The molecule has 0 radical (unpaired) electrons. The Kier molecular flexibility index (Phi) is 4.11. The first-order chi connectivity index (χ1) is 11.9. The van der Waals surface area contributed by atoms with Crippen LogP contribution in [0.2, 0.25) is 0 Å². The Morgan fingerprint density at radius 3 is 2.38 bits per heavy atom. The topological polar surface area (TPSA) is 89.3 Å². The van der Waals surface area contributed by atoms with Crippen molar-refractivity contribution in [3.8, 4) is 0 Å². The number of anilines is 1. The smallest absolute Gasteiger partial charge is 0.293 e. The highest BCUT2D eigenvalue weighted by Crippen LogP contribution is 2.72. The molecule has 3 unspecified atom stereocenters. The van der Waals surface area contributed by atoms with E-state index in [1.165, 1.54) is 6.07 Å². The van der Waals surface area contributed by atoms with Crippen molar-refractivity contribution in [2.45, 2.75) is 52.3 Å². The van der Waals surface area contributed by atoms with Crippen LogP contribution in [0.1, 0.15) is 44.7 Å². The quantitative estimate of drug-likeness (QED) is 0.446. The molecule has 2 bridgehead atoms. The van der Waals surface area contributed by atoms with E-state index in [-0.39, 0.29) is 23.1 Å². The van der Waals surface area contributed by atoms with Crippen LogP contribution in [0.5, 0.6) is 0 Å². The van der Waals surface area contributed by atoms with Gasteiger partial charge in [0, 0.05) is 11.5 Å². The van der Waals surface area contributed by atoms with Crippen LogP contribution in [0.25, 0.3) is 0 Å². The lowest BCUT2D eigenvalue weighted by Crippen LogP contribution is -2.48. The molecule has 0 aliphatic heterocycles. The summed E-state index contributed by atoms with van der Waals surface area (Å²) in [6.45, 7) is 9.35. The molecular weight excluding hydrogens is 400 g/mol. The minimum atomic E-state index is -0.927. The zero-order chi connectivity index (χ0) is 19.7. The number of rotatable bonds is 3. The highest BCUT2D eigenvalue weighted by atomic mass is 79.9. The summed E-state index contributed by atoms with van der Waals surface area (Å²) in [5.41, 5.74) is -0.576. The van der Waals surface area contributed by atoms with Crippen molar-refractivity contribution in [3.63, 3.8) is 0 Å². The van der Waals surface area contributed by atoms with Gasteiger partial charge in [-0.25, -0.2) is 0 Å². The maximum absolute atomic E-state index is 13.4. The van der Waals surface area contributed by atoms with E-state index in [1.807, 2.05) is 20.8 Å².